The fourth-order valence-corrected chi connectivity index (χ4v) is 5.95. The summed E-state index contributed by atoms with van der Waals surface area (Å²) in [4.78, 5) is 30.9. The molecule has 1 aliphatic rings. The molecule has 0 bridgehead atoms. The molecule has 0 radical (unpaired) electrons. The van der Waals surface area contributed by atoms with Gasteiger partial charge in [-0.3, -0.25) is 9.20 Å². The second kappa shape index (κ2) is 10.5. The van der Waals surface area contributed by atoms with Crippen molar-refractivity contribution in [2.45, 2.75) is 33.1 Å². The molecule has 1 saturated heterocycles. The molecule has 0 saturated carbocycles. The first-order valence-corrected chi connectivity index (χ1v) is 14.2. The lowest BCUT2D eigenvalue weighted by Crippen LogP contribution is -2.34. The van der Waals surface area contributed by atoms with Crippen molar-refractivity contribution in [3.63, 3.8) is 0 Å². The van der Waals surface area contributed by atoms with Gasteiger partial charge >= 0.3 is 0 Å². The monoisotopic (exact) mass is 547 g/mol. The van der Waals surface area contributed by atoms with Crippen molar-refractivity contribution in [2.24, 2.45) is 0 Å². The number of nitriles is 1. The van der Waals surface area contributed by atoms with Gasteiger partial charge in [0, 0.05) is 62.1 Å². The van der Waals surface area contributed by atoms with Crippen LogP contribution in [0.3, 0.4) is 0 Å². The molecule has 8 nitrogen and oxygen atoms in total. The number of pyridine rings is 2. The van der Waals surface area contributed by atoms with Crippen LogP contribution in [0.1, 0.15) is 35.9 Å². The largest absolute Gasteiger partial charge is 0.356 e. The fraction of sp³-hybridized carbons (Fsp3) is 0.258. The van der Waals surface area contributed by atoms with Gasteiger partial charge in [-0.15, -0.1) is 0 Å². The molecule has 40 heavy (non-hydrogen) atoms. The molecule has 200 valence electrons. The van der Waals surface area contributed by atoms with Crippen LogP contribution in [-0.4, -0.2) is 45.3 Å². The van der Waals surface area contributed by atoms with Gasteiger partial charge in [-0.25, -0.2) is 15.0 Å². The molecular weight excluding hydrogens is 518 g/mol. The van der Waals surface area contributed by atoms with Crippen molar-refractivity contribution in [3.05, 3.63) is 77.1 Å². The summed E-state index contributed by atoms with van der Waals surface area (Å²) in [5, 5.41) is 10.6. The molecule has 1 aromatic carbocycles. The number of thiazole rings is 1. The van der Waals surface area contributed by atoms with Crippen molar-refractivity contribution >= 4 is 39.5 Å². The molecule has 0 amide bonds. The molecule has 4 aromatic heterocycles. The van der Waals surface area contributed by atoms with Crippen molar-refractivity contribution in [1.29, 1.82) is 5.26 Å². The summed E-state index contributed by atoms with van der Waals surface area (Å²) < 4.78 is 2.09. The third-order valence-corrected chi connectivity index (χ3v) is 8.41. The summed E-state index contributed by atoms with van der Waals surface area (Å²) in [6.45, 7) is 5.58. The van der Waals surface area contributed by atoms with E-state index in [1.54, 1.807) is 0 Å². The highest BCUT2D eigenvalue weighted by Crippen LogP contribution is 2.37. The smallest absolute Gasteiger partial charge is 0.192 e. The van der Waals surface area contributed by atoms with Crippen molar-refractivity contribution < 1.29 is 4.79 Å². The number of aryl methyl sites for hydroxylation is 2. The van der Waals surface area contributed by atoms with Gasteiger partial charge in [0.1, 0.15) is 39.7 Å². The first-order valence-electron chi connectivity index (χ1n) is 13.4. The van der Waals surface area contributed by atoms with Gasteiger partial charge in [-0.1, -0.05) is 48.1 Å². The van der Waals surface area contributed by atoms with Crippen LogP contribution >= 0.6 is 11.3 Å². The predicted octanol–water partition coefficient (Wildman–Crippen LogP) is 6.20. The van der Waals surface area contributed by atoms with E-state index in [0.29, 0.717) is 29.2 Å². The van der Waals surface area contributed by atoms with Crippen LogP contribution < -0.4 is 9.80 Å². The third kappa shape index (κ3) is 4.71. The van der Waals surface area contributed by atoms with Gasteiger partial charge in [-0.05, 0) is 37.6 Å². The molecule has 1 aliphatic heterocycles. The zero-order chi connectivity index (χ0) is 27.8. The van der Waals surface area contributed by atoms with E-state index in [2.05, 4.69) is 40.6 Å². The number of imidazole rings is 1. The number of hydrogen-bond donors (Lipinski definition) is 0. The van der Waals surface area contributed by atoms with Gasteiger partial charge in [-0.2, -0.15) is 5.26 Å². The molecule has 0 spiro atoms. The van der Waals surface area contributed by atoms with Crippen LogP contribution in [0, 0.1) is 18.3 Å². The maximum absolute atomic E-state index is 11.6. The van der Waals surface area contributed by atoms with E-state index in [1.165, 1.54) is 11.3 Å². The second-order valence-electron chi connectivity index (χ2n) is 10.0. The number of piperidine rings is 1. The van der Waals surface area contributed by atoms with Gasteiger partial charge in [0.15, 0.2) is 5.13 Å². The minimum absolute atomic E-state index is 0.321. The quantitative estimate of drug-likeness (QED) is 0.250. The normalized spacial score (nSPS) is 13.6. The Morgan fingerprint density at radius 2 is 1.73 bits per heavy atom. The highest BCUT2D eigenvalue weighted by atomic mass is 32.1. The summed E-state index contributed by atoms with van der Waals surface area (Å²) in [7, 11) is 1.98. The average molecular weight is 548 g/mol. The Morgan fingerprint density at radius 1 is 1.00 bits per heavy atom. The molecule has 0 N–H and O–H groups in total. The maximum atomic E-state index is 11.6. The van der Waals surface area contributed by atoms with Crippen molar-refractivity contribution in [2.75, 3.05) is 29.9 Å². The number of nitrogens with zero attached hydrogens (tertiary/aromatic N) is 7. The Kier molecular flexibility index (Phi) is 6.78. The zero-order valence-electron chi connectivity index (χ0n) is 22.8. The molecule has 6 rings (SSSR count). The Morgan fingerprint density at radius 3 is 2.40 bits per heavy atom. The van der Waals surface area contributed by atoms with E-state index in [9.17, 15) is 10.1 Å². The predicted molar refractivity (Wildman–Crippen MR) is 159 cm³/mol. The van der Waals surface area contributed by atoms with Gasteiger partial charge in [0.2, 0.25) is 0 Å². The molecule has 1 fully saturated rings. The minimum Gasteiger partial charge on any atom is -0.356 e. The number of hydrogen-bond acceptors (Lipinski definition) is 8. The average Bonchev–Trinajstić information content (AvgIpc) is 3.59. The maximum Gasteiger partial charge on any atom is 0.192 e. The number of aromatic nitrogens is 4. The van der Waals surface area contributed by atoms with Crippen LogP contribution in [0.15, 0.2) is 60.9 Å². The standard InChI is InChI=1S/C31H29N7OS/c1-4-25-30(36(3)31-35-29(26(17-32)40-31)21-7-5-20(2)6-8-21)38-19-23(10-12-28(38)34-25)22-9-11-27(33-18-22)37-15-13-24(39)14-16-37/h5-12,18-19H,4,13-16H2,1-3H3. The summed E-state index contributed by atoms with van der Waals surface area (Å²) in [6.07, 6.45) is 5.90. The minimum atomic E-state index is 0.321. The lowest BCUT2D eigenvalue weighted by Gasteiger charge is -2.27. The number of fused-ring (bicyclic) bond motifs is 1. The van der Waals surface area contributed by atoms with E-state index >= 15 is 0 Å². The van der Waals surface area contributed by atoms with Gasteiger partial charge in [0.05, 0.1) is 5.69 Å². The van der Waals surface area contributed by atoms with Gasteiger partial charge < -0.3 is 9.80 Å². The highest BCUT2D eigenvalue weighted by Gasteiger charge is 2.22. The SMILES string of the molecule is CCc1nc2ccc(-c3ccc(N4CCC(=O)CC4)nc3)cn2c1N(C)c1nc(-c2ccc(C)cc2)c(C#N)s1. The molecule has 5 aromatic rings. The van der Waals surface area contributed by atoms with Crippen LogP contribution in [0.5, 0.6) is 0 Å². The molecule has 0 aliphatic carbocycles. The van der Waals surface area contributed by atoms with E-state index in [0.717, 1.165) is 69.9 Å². The van der Waals surface area contributed by atoms with E-state index < -0.39 is 0 Å². The fourth-order valence-electron chi connectivity index (χ4n) is 5.10. The summed E-state index contributed by atoms with van der Waals surface area (Å²) in [5.74, 6) is 2.15. The van der Waals surface area contributed by atoms with Crippen molar-refractivity contribution in [3.8, 4) is 28.5 Å². The zero-order valence-corrected chi connectivity index (χ0v) is 23.6. The van der Waals surface area contributed by atoms with E-state index in [-0.39, 0.29) is 0 Å². The number of rotatable bonds is 6. The Labute approximate surface area is 237 Å². The van der Waals surface area contributed by atoms with E-state index in [1.807, 2.05) is 61.5 Å². The Hall–Kier alpha value is -4.55. The van der Waals surface area contributed by atoms with Crippen LogP contribution in [0.2, 0.25) is 0 Å². The van der Waals surface area contributed by atoms with Crippen molar-refractivity contribution in [1.82, 2.24) is 19.4 Å². The van der Waals surface area contributed by atoms with E-state index in [4.69, 9.17) is 15.0 Å². The third-order valence-electron chi connectivity index (χ3n) is 7.37. The number of carbonyl (C=O) groups is 1. The second-order valence-corrected chi connectivity index (χ2v) is 11.0. The lowest BCUT2D eigenvalue weighted by atomic mass is 10.1. The number of anilines is 3. The summed E-state index contributed by atoms with van der Waals surface area (Å²) >= 11 is 1.39. The number of benzene rings is 1. The topological polar surface area (TPSA) is 90.4 Å². The first kappa shape index (κ1) is 25.7. The lowest BCUT2D eigenvalue weighted by molar-refractivity contribution is -0.119. The van der Waals surface area contributed by atoms with Gasteiger partial charge in [0.25, 0.3) is 0 Å². The van der Waals surface area contributed by atoms with Crippen LogP contribution in [0.4, 0.5) is 16.8 Å². The molecule has 0 unspecified atom stereocenters. The first-order chi connectivity index (χ1) is 19.4. The number of Topliss-reactive ketones (excluding diaryl/α,β-unsaturated/α-hetero) is 1. The molecule has 9 heteroatoms. The Balaban J connectivity index is 1.35. The van der Waals surface area contributed by atoms with Crippen LogP contribution in [0.25, 0.3) is 28.0 Å². The molecular formula is C31H29N7OS. The Bertz CT molecular complexity index is 1740. The molecule has 0 atom stereocenters. The number of ketones is 1. The molecule has 5 heterocycles. The summed E-state index contributed by atoms with van der Waals surface area (Å²) in [6, 6.07) is 18.6. The number of carbonyl (C=O) groups excluding carboxylic acids is 1. The highest BCUT2D eigenvalue weighted by molar-refractivity contribution is 7.16. The van der Waals surface area contributed by atoms with Crippen LogP contribution in [-0.2, 0) is 11.2 Å². The summed E-state index contributed by atoms with van der Waals surface area (Å²) in [5.41, 5.74) is 6.62.